The van der Waals surface area contributed by atoms with Gasteiger partial charge in [0.05, 0.1) is 22.5 Å². The van der Waals surface area contributed by atoms with Gasteiger partial charge < -0.3 is 9.73 Å². The fraction of sp³-hybridized carbons (Fsp3) is 0.0667. The topological polar surface area (TPSA) is 70.9 Å². The molecule has 106 valence electrons. The SMILES string of the molecule is Cc1[nH]nc(-c2ccco2)c1C(=O)Nc1ccccc1Cl. The number of para-hydroxylation sites is 1. The Morgan fingerprint density at radius 2 is 2.10 bits per heavy atom. The molecule has 1 amide bonds. The molecule has 2 N–H and O–H groups in total. The minimum atomic E-state index is -0.291. The number of aromatic nitrogens is 2. The van der Waals surface area contributed by atoms with Crippen LogP contribution in [0.4, 0.5) is 5.69 Å². The molecule has 1 aromatic carbocycles. The molecule has 2 aromatic heterocycles. The molecule has 0 aliphatic rings. The number of furan rings is 1. The highest BCUT2D eigenvalue weighted by atomic mass is 35.5. The number of hydrogen-bond donors (Lipinski definition) is 2. The Morgan fingerprint density at radius 1 is 1.29 bits per heavy atom. The van der Waals surface area contributed by atoms with E-state index in [1.165, 1.54) is 6.26 Å². The Hall–Kier alpha value is -2.53. The second-order valence-corrected chi connectivity index (χ2v) is 4.89. The van der Waals surface area contributed by atoms with Crippen molar-refractivity contribution in [1.29, 1.82) is 0 Å². The predicted octanol–water partition coefficient (Wildman–Crippen LogP) is 3.88. The van der Waals surface area contributed by atoms with Crippen LogP contribution in [0.5, 0.6) is 0 Å². The normalized spacial score (nSPS) is 10.6. The van der Waals surface area contributed by atoms with Crippen molar-refractivity contribution in [2.24, 2.45) is 0 Å². The molecular formula is C15H12ClN3O2. The summed E-state index contributed by atoms with van der Waals surface area (Å²) in [6, 6.07) is 10.6. The third-order valence-electron chi connectivity index (χ3n) is 3.05. The lowest BCUT2D eigenvalue weighted by Gasteiger charge is -2.07. The monoisotopic (exact) mass is 301 g/mol. The zero-order chi connectivity index (χ0) is 14.8. The number of hydrogen-bond acceptors (Lipinski definition) is 3. The highest BCUT2D eigenvalue weighted by Gasteiger charge is 2.21. The Balaban J connectivity index is 1.96. The molecule has 21 heavy (non-hydrogen) atoms. The van der Waals surface area contributed by atoms with Gasteiger partial charge in [0.25, 0.3) is 5.91 Å². The quantitative estimate of drug-likeness (QED) is 0.771. The first-order valence-electron chi connectivity index (χ1n) is 6.31. The number of halogens is 1. The number of H-pyrrole nitrogens is 1. The minimum absolute atomic E-state index is 0.291. The fourth-order valence-corrected chi connectivity index (χ4v) is 2.23. The van der Waals surface area contributed by atoms with Crippen molar-refractivity contribution >= 4 is 23.2 Å². The third-order valence-corrected chi connectivity index (χ3v) is 3.38. The molecule has 0 saturated heterocycles. The number of anilines is 1. The number of carbonyl (C=O) groups excluding carboxylic acids is 1. The van der Waals surface area contributed by atoms with Crippen molar-refractivity contribution in [3.63, 3.8) is 0 Å². The second-order valence-electron chi connectivity index (χ2n) is 4.48. The number of carbonyl (C=O) groups is 1. The van der Waals surface area contributed by atoms with E-state index in [-0.39, 0.29) is 5.91 Å². The predicted molar refractivity (Wildman–Crippen MR) is 80.4 cm³/mol. The number of rotatable bonds is 3. The average molecular weight is 302 g/mol. The highest BCUT2D eigenvalue weighted by Crippen LogP contribution is 2.26. The van der Waals surface area contributed by atoms with Crippen molar-refractivity contribution in [3.05, 3.63) is 58.9 Å². The maximum absolute atomic E-state index is 12.5. The molecule has 0 bridgehead atoms. The molecule has 2 heterocycles. The van der Waals surface area contributed by atoms with Crippen molar-refractivity contribution < 1.29 is 9.21 Å². The van der Waals surface area contributed by atoms with Crippen molar-refractivity contribution in [1.82, 2.24) is 10.2 Å². The summed E-state index contributed by atoms with van der Waals surface area (Å²) < 4.78 is 5.31. The molecule has 3 aromatic rings. The smallest absolute Gasteiger partial charge is 0.259 e. The zero-order valence-electron chi connectivity index (χ0n) is 11.2. The largest absolute Gasteiger partial charge is 0.463 e. The van der Waals surface area contributed by atoms with E-state index in [9.17, 15) is 4.79 Å². The Morgan fingerprint density at radius 3 is 2.81 bits per heavy atom. The molecule has 0 spiro atoms. The maximum atomic E-state index is 12.5. The number of aromatic amines is 1. The van der Waals surface area contributed by atoms with Crippen LogP contribution >= 0.6 is 11.6 Å². The summed E-state index contributed by atoms with van der Waals surface area (Å²) in [5.74, 6) is 0.240. The standard InChI is InChI=1S/C15H12ClN3O2/c1-9-13(14(19-18-9)12-7-4-8-21-12)15(20)17-11-6-3-2-5-10(11)16/h2-8H,1H3,(H,17,20)(H,18,19). The highest BCUT2D eigenvalue weighted by molar-refractivity contribution is 6.34. The van der Waals surface area contributed by atoms with E-state index >= 15 is 0 Å². The number of nitrogens with zero attached hydrogens (tertiary/aromatic N) is 1. The molecule has 6 heteroatoms. The van der Waals surface area contributed by atoms with E-state index in [4.69, 9.17) is 16.0 Å². The van der Waals surface area contributed by atoms with Crippen LogP contribution in [0.2, 0.25) is 5.02 Å². The molecule has 5 nitrogen and oxygen atoms in total. The van der Waals surface area contributed by atoms with Gasteiger partial charge in [0.2, 0.25) is 0 Å². The van der Waals surface area contributed by atoms with Gasteiger partial charge in [-0.05, 0) is 31.2 Å². The molecule has 0 atom stereocenters. The first-order valence-corrected chi connectivity index (χ1v) is 6.69. The van der Waals surface area contributed by atoms with Gasteiger partial charge in [-0.25, -0.2) is 0 Å². The van der Waals surface area contributed by atoms with Gasteiger partial charge >= 0.3 is 0 Å². The molecule has 0 fully saturated rings. The van der Waals surface area contributed by atoms with E-state index in [1.807, 2.05) is 0 Å². The maximum Gasteiger partial charge on any atom is 0.259 e. The van der Waals surface area contributed by atoms with Gasteiger partial charge in [-0.3, -0.25) is 9.89 Å². The molecule has 0 saturated carbocycles. The van der Waals surface area contributed by atoms with Crippen molar-refractivity contribution in [2.75, 3.05) is 5.32 Å². The summed E-state index contributed by atoms with van der Waals surface area (Å²) in [5.41, 5.74) is 2.12. The van der Waals surface area contributed by atoms with E-state index in [2.05, 4.69) is 15.5 Å². The lowest BCUT2D eigenvalue weighted by atomic mass is 10.1. The van der Waals surface area contributed by atoms with E-state index in [0.29, 0.717) is 33.4 Å². The summed E-state index contributed by atoms with van der Waals surface area (Å²) in [5, 5.41) is 10.2. The summed E-state index contributed by atoms with van der Waals surface area (Å²) in [6.45, 7) is 1.78. The Bertz CT molecular complexity index is 778. The number of aryl methyl sites for hydroxylation is 1. The van der Waals surface area contributed by atoms with Crippen LogP contribution in [0.15, 0.2) is 47.1 Å². The second kappa shape index (κ2) is 5.46. The van der Waals surface area contributed by atoms with Crippen molar-refractivity contribution in [2.45, 2.75) is 6.92 Å². The van der Waals surface area contributed by atoms with E-state index in [1.54, 1.807) is 43.3 Å². The van der Waals surface area contributed by atoms with Crippen LogP contribution in [0.3, 0.4) is 0 Å². The molecule has 0 radical (unpaired) electrons. The van der Waals surface area contributed by atoms with Crippen LogP contribution in [-0.2, 0) is 0 Å². The first-order chi connectivity index (χ1) is 10.2. The molecule has 0 unspecified atom stereocenters. The van der Waals surface area contributed by atoms with Gasteiger partial charge in [0.1, 0.15) is 5.69 Å². The Kier molecular flexibility index (Phi) is 3.50. The van der Waals surface area contributed by atoms with Gasteiger partial charge in [0.15, 0.2) is 5.76 Å². The van der Waals surface area contributed by atoms with Gasteiger partial charge in [-0.2, -0.15) is 5.10 Å². The molecular weight excluding hydrogens is 290 g/mol. The van der Waals surface area contributed by atoms with Gasteiger partial charge in [-0.1, -0.05) is 23.7 Å². The lowest BCUT2D eigenvalue weighted by Crippen LogP contribution is -2.13. The molecule has 0 aliphatic heterocycles. The number of nitrogens with one attached hydrogen (secondary N) is 2. The number of amides is 1. The molecule has 0 aliphatic carbocycles. The van der Waals surface area contributed by atoms with Gasteiger partial charge in [-0.15, -0.1) is 0 Å². The fourth-order valence-electron chi connectivity index (χ4n) is 2.05. The summed E-state index contributed by atoms with van der Waals surface area (Å²) in [4.78, 5) is 12.5. The van der Waals surface area contributed by atoms with Crippen molar-refractivity contribution in [3.8, 4) is 11.5 Å². The third kappa shape index (κ3) is 2.55. The minimum Gasteiger partial charge on any atom is -0.463 e. The van der Waals surface area contributed by atoms with Crippen LogP contribution < -0.4 is 5.32 Å². The zero-order valence-corrected chi connectivity index (χ0v) is 11.9. The number of benzene rings is 1. The van der Waals surface area contributed by atoms with Crippen LogP contribution in [0, 0.1) is 6.92 Å². The average Bonchev–Trinajstić information content (AvgIpc) is 3.10. The van der Waals surface area contributed by atoms with E-state index in [0.717, 1.165) is 0 Å². The first kappa shape index (κ1) is 13.5. The molecule has 3 rings (SSSR count). The summed E-state index contributed by atoms with van der Waals surface area (Å²) in [6.07, 6.45) is 1.54. The van der Waals surface area contributed by atoms with Gasteiger partial charge in [0, 0.05) is 5.69 Å². The summed E-state index contributed by atoms with van der Waals surface area (Å²) >= 11 is 6.05. The summed E-state index contributed by atoms with van der Waals surface area (Å²) in [7, 11) is 0. The Labute approximate surface area is 125 Å². The van der Waals surface area contributed by atoms with Crippen LogP contribution in [0.1, 0.15) is 16.1 Å². The lowest BCUT2D eigenvalue weighted by molar-refractivity contribution is 0.102. The van der Waals surface area contributed by atoms with Crippen LogP contribution in [0.25, 0.3) is 11.5 Å². The van der Waals surface area contributed by atoms with E-state index < -0.39 is 0 Å². The van der Waals surface area contributed by atoms with Crippen LogP contribution in [-0.4, -0.2) is 16.1 Å².